The molecule has 0 aliphatic heterocycles. The SMILES string of the molecule is CCC[C@]1(O)CC[C@@]2(CC)c3ccc(C(=O)O)cc3C(=O)CC[C@H]2C1. The molecule has 0 bridgehead atoms. The van der Waals surface area contributed by atoms with E-state index in [2.05, 4.69) is 13.8 Å². The van der Waals surface area contributed by atoms with Crippen LogP contribution in [0.5, 0.6) is 0 Å². The fraction of sp³-hybridized carbons (Fsp3) is 0.619. The zero-order chi connectivity index (χ0) is 18.2. The highest BCUT2D eigenvalue weighted by atomic mass is 16.4. The minimum absolute atomic E-state index is 0.0411. The maximum Gasteiger partial charge on any atom is 0.335 e. The highest BCUT2D eigenvalue weighted by Crippen LogP contribution is 2.54. The van der Waals surface area contributed by atoms with Crippen LogP contribution in [0.25, 0.3) is 0 Å². The lowest BCUT2D eigenvalue weighted by Crippen LogP contribution is -2.47. The van der Waals surface area contributed by atoms with Crippen LogP contribution in [0.4, 0.5) is 0 Å². The van der Waals surface area contributed by atoms with Gasteiger partial charge in [0.05, 0.1) is 11.2 Å². The van der Waals surface area contributed by atoms with Crippen molar-refractivity contribution in [2.75, 3.05) is 0 Å². The van der Waals surface area contributed by atoms with Crippen LogP contribution in [0.2, 0.25) is 0 Å². The van der Waals surface area contributed by atoms with E-state index < -0.39 is 11.6 Å². The van der Waals surface area contributed by atoms with Gasteiger partial charge in [0.25, 0.3) is 0 Å². The van der Waals surface area contributed by atoms with E-state index in [9.17, 15) is 19.8 Å². The first kappa shape index (κ1) is 18.1. The van der Waals surface area contributed by atoms with Gasteiger partial charge in [0.15, 0.2) is 5.78 Å². The van der Waals surface area contributed by atoms with Gasteiger partial charge in [-0.2, -0.15) is 0 Å². The molecule has 0 aromatic heterocycles. The van der Waals surface area contributed by atoms with Crippen LogP contribution in [0.3, 0.4) is 0 Å². The number of carboxylic acid groups (broad SMARTS) is 1. The Bertz CT molecular complexity index is 695. The fourth-order valence-electron chi connectivity index (χ4n) is 5.28. The molecule has 1 aromatic rings. The number of hydrogen-bond donors (Lipinski definition) is 2. The standard InChI is InChI=1S/C21H28O4/c1-3-9-20(25)10-11-21(4-2)15(13-20)6-8-18(22)16-12-14(19(23)24)5-7-17(16)21/h5,7,12,15,25H,3-4,6,8-11,13H2,1-2H3,(H,23,24)/t15-,20-,21+/m0/s1. The first-order valence-corrected chi connectivity index (χ1v) is 9.48. The smallest absolute Gasteiger partial charge is 0.335 e. The number of hydrogen-bond acceptors (Lipinski definition) is 3. The van der Waals surface area contributed by atoms with Crippen molar-refractivity contribution in [1.29, 1.82) is 0 Å². The van der Waals surface area contributed by atoms with Crippen LogP contribution in [0, 0.1) is 5.92 Å². The maximum absolute atomic E-state index is 12.7. The van der Waals surface area contributed by atoms with E-state index in [1.807, 2.05) is 6.07 Å². The molecule has 0 unspecified atom stereocenters. The molecule has 1 saturated carbocycles. The summed E-state index contributed by atoms with van der Waals surface area (Å²) in [5.74, 6) is -0.689. The summed E-state index contributed by atoms with van der Waals surface area (Å²) in [6.07, 6.45) is 6.23. The van der Waals surface area contributed by atoms with Crippen LogP contribution in [0.15, 0.2) is 18.2 Å². The molecule has 3 rings (SSSR count). The summed E-state index contributed by atoms with van der Waals surface area (Å²) in [6, 6.07) is 5.05. The number of aliphatic hydroxyl groups is 1. The molecule has 0 radical (unpaired) electrons. The van der Waals surface area contributed by atoms with Crippen molar-refractivity contribution in [2.24, 2.45) is 5.92 Å². The number of benzene rings is 1. The Kier molecular flexibility index (Phi) is 4.76. The van der Waals surface area contributed by atoms with Crippen molar-refractivity contribution in [3.05, 3.63) is 34.9 Å². The van der Waals surface area contributed by atoms with Gasteiger partial charge in [0, 0.05) is 12.0 Å². The summed E-state index contributed by atoms with van der Waals surface area (Å²) in [4.78, 5) is 24.0. The van der Waals surface area contributed by atoms with Crippen molar-refractivity contribution >= 4 is 11.8 Å². The van der Waals surface area contributed by atoms with Crippen LogP contribution in [-0.2, 0) is 5.41 Å². The minimum Gasteiger partial charge on any atom is -0.478 e. The van der Waals surface area contributed by atoms with Crippen molar-refractivity contribution in [1.82, 2.24) is 0 Å². The number of Topliss-reactive ketones (excluding diaryl/α,β-unsaturated/α-hetero) is 1. The Balaban J connectivity index is 2.08. The number of carboxylic acids is 1. The summed E-state index contributed by atoms with van der Waals surface area (Å²) < 4.78 is 0. The van der Waals surface area contributed by atoms with Crippen LogP contribution in [0.1, 0.15) is 91.5 Å². The van der Waals surface area contributed by atoms with Gasteiger partial charge in [-0.3, -0.25) is 4.79 Å². The monoisotopic (exact) mass is 344 g/mol. The van der Waals surface area contributed by atoms with E-state index in [0.29, 0.717) is 12.0 Å². The quantitative estimate of drug-likeness (QED) is 0.852. The highest BCUT2D eigenvalue weighted by molar-refractivity contribution is 6.00. The van der Waals surface area contributed by atoms with E-state index in [4.69, 9.17) is 0 Å². The van der Waals surface area contributed by atoms with Crippen molar-refractivity contribution in [3.63, 3.8) is 0 Å². The van der Waals surface area contributed by atoms with E-state index in [0.717, 1.165) is 50.5 Å². The molecular weight excluding hydrogens is 316 g/mol. The summed E-state index contributed by atoms with van der Waals surface area (Å²) in [6.45, 7) is 4.25. The first-order valence-electron chi connectivity index (χ1n) is 9.48. The average Bonchev–Trinajstić information content (AvgIpc) is 2.70. The van der Waals surface area contributed by atoms with Gasteiger partial charge < -0.3 is 10.2 Å². The molecule has 1 fully saturated rings. The fourth-order valence-corrected chi connectivity index (χ4v) is 5.28. The predicted molar refractivity (Wildman–Crippen MR) is 96.1 cm³/mol. The van der Waals surface area contributed by atoms with Crippen LogP contribution in [-0.4, -0.2) is 27.6 Å². The van der Waals surface area contributed by atoms with Gasteiger partial charge in [0.2, 0.25) is 0 Å². The Morgan fingerprint density at radius 1 is 1.28 bits per heavy atom. The van der Waals surface area contributed by atoms with Crippen LogP contribution >= 0.6 is 0 Å². The number of ketones is 1. The Labute approximate surface area is 149 Å². The molecule has 4 heteroatoms. The second-order valence-corrected chi connectivity index (χ2v) is 7.91. The van der Waals surface area contributed by atoms with Gasteiger partial charge in [-0.1, -0.05) is 26.3 Å². The Morgan fingerprint density at radius 2 is 2.04 bits per heavy atom. The number of fused-ring (bicyclic) bond motifs is 3. The Hall–Kier alpha value is -1.68. The molecule has 1 aromatic carbocycles. The number of rotatable bonds is 4. The lowest BCUT2D eigenvalue weighted by Gasteiger charge is -2.50. The Morgan fingerprint density at radius 3 is 2.68 bits per heavy atom. The summed E-state index contributed by atoms with van der Waals surface area (Å²) in [7, 11) is 0. The maximum atomic E-state index is 12.7. The molecule has 136 valence electrons. The number of aromatic carboxylic acids is 1. The summed E-state index contributed by atoms with van der Waals surface area (Å²) in [5, 5.41) is 20.3. The molecular formula is C21H28O4. The summed E-state index contributed by atoms with van der Waals surface area (Å²) in [5.41, 5.74) is 1.02. The molecule has 2 aliphatic rings. The topological polar surface area (TPSA) is 74.6 Å². The van der Waals surface area contributed by atoms with E-state index in [1.165, 1.54) is 0 Å². The van der Waals surface area contributed by atoms with Crippen LogP contribution < -0.4 is 0 Å². The minimum atomic E-state index is -0.997. The van der Waals surface area contributed by atoms with Gasteiger partial charge in [-0.15, -0.1) is 0 Å². The largest absolute Gasteiger partial charge is 0.478 e. The molecule has 0 heterocycles. The lowest BCUT2D eigenvalue weighted by atomic mass is 9.56. The molecule has 4 nitrogen and oxygen atoms in total. The second-order valence-electron chi connectivity index (χ2n) is 7.91. The highest BCUT2D eigenvalue weighted by Gasteiger charge is 2.50. The zero-order valence-electron chi connectivity index (χ0n) is 15.2. The van der Waals surface area contributed by atoms with Crippen molar-refractivity contribution in [2.45, 2.75) is 76.2 Å². The van der Waals surface area contributed by atoms with E-state index in [-0.39, 0.29) is 22.7 Å². The zero-order valence-corrected chi connectivity index (χ0v) is 15.2. The molecule has 0 saturated heterocycles. The lowest BCUT2D eigenvalue weighted by molar-refractivity contribution is -0.0541. The normalized spacial score (nSPS) is 31.8. The number of carbonyl (C=O) groups is 2. The van der Waals surface area contributed by atoms with Gasteiger partial charge in [-0.25, -0.2) is 4.79 Å². The van der Waals surface area contributed by atoms with E-state index >= 15 is 0 Å². The molecule has 25 heavy (non-hydrogen) atoms. The van der Waals surface area contributed by atoms with Crippen molar-refractivity contribution in [3.8, 4) is 0 Å². The molecule has 3 atom stereocenters. The third kappa shape index (κ3) is 3.01. The average molecular weight is 344 g/mol. The third-order valence-electron chi connectivity index (χ3n) is 6.61. The molecule has 0 spiro atoms. The predicted octanol–water partition coefficient (Wildman–Crippen LogP) is 4.34. The van der Waals surface area contributed by atoms with Gasteiger partial charge >= 0.3 is 5.97 Å². The van der Waals surface area contributed by atoms with Crippen molar-refractivity contribution < 1.29 is 19.8 Å². The molecule has 0 amide bonds. The third-order valence-corrected chi connectivity index (χ3v) is 6.61. The molecule has 2 N–H and O–H groups in total. The van der Waals surface area contributed by atoms with E-state index in [1.54, 1.807) is 12.1 Å². The molecule has 2 aliphatic carbocycles. The summed E-state index contributed by atoms with van der Waals surface area (Å²) >= 11 is 0. The van der Waals surface area contributed by atoms with Gasteiger partial charge in [-0.05, 0) is 67.6 Å². The van der Waals surface area contributed by atoms with Gasteiger partial charge in [0.1, 0.15) is 0 Å². The first-order chi connectivity index (χ1) is 11.8. The second kappa shape index (κ2) is 6.56. The number of carbonyl (C=O) groups excluding carboxylic acids is 1.